The van der Waals surface area contributed by atoms with Crippen molar-refractivity contribution in [2.45, 2.75) is 65.3 Å². The van der Waals surface area contributed by atoms with E-state index in [-0.39, 0.29) is 5.91 Å². The molecule has 37 heavy (non-hydrogen) atoms. The molecule has 3 N–H and O–H groups in total. The van der Waals surface area contributed by atoms with Gasteiger partial charge in [0.2, 0.25) is 5.91 Å². The quantitative estimate of drug-likeness (QED) is 0.140. The fraction of sp³-hybridized carbons (Fsp3) is 0.333. The average molecular weight is 500 g/mol. The highest BCUT2D eigenvalue weighted by Gasteiger charge is 2.17. The number of hydrogen-bond donors (Lipinski definition) is 2. The highest BCUT2D eigenvalue weighted by molar-refractivity contribution is 6.06. The van der Waals surface area contributed by atoms with Crippen LogP contribution in [0.5, 0.6) is 0 Å². The zero-order chi connectivity index (χ0) is 26.6. The predicted molar refractivity (Wildman–Crippen MR) is 153 cm³/mol. The molecule has 0 fully saturated rings. The number of hydrogen-bond acceptors (Lipinski definition) is 5. The number of pyridine rings is 1. The first-order valence-electron chi connectivity index (χ1n) is 13.0. The monoisotopic (exact) mass is 499 g/mol. The van der Waals surface area contributed by atoms with Crippen LogP contribution in [0, 0.1) is 0 Å². The lowest BCUT2D eigenvalue weighted by atomic mass is 10.1. The van der Waals surface area contributed by atoms with Gasteiger partial charge in [-0.3, -0.25) is 9.59 Å². The Morgan fingerprint density at radius 2 is 1.73 bits per heavy atom. The Bertz CT molecular complexity index is 1340. The van der Waals surface area contributed by atoms with E-state index >= 15 is 0 Å². The van der Waals surface area contributed by atoms with Crippen LogP contribution in [0.3, 0.4) is 0 Å². The van der Waals surface area contributed by atoms with Crippen LogP contribution in [0.25, 0.3) is 21.9 Å². The average Bonchev–Trinajstić information content (AvgIpc) is 3.27. The van der Waals surface area contributed by atoms with Crippen molar-refractivity contribution in [3.05, 3.63) is 72.6 Å². The molecule has 194 valence electrons. The second-order valence-electron chi connectivity index (χ2n) is 9.00. The van der Waals surface area contributed by atoms with Crippen molar-refractivity contribution in [1.82, 2.24) is 14.5 Å². The van der Waals surface area contributed by atoms with Gasteiger partial charge >= 0.3 is 0 Å². The van der Waals surface area contributed by atoms with E-state index in [1.165, 1.54) is 6.08 Å². The second kappa shape index (κ2) is 13.9. The third-order valence-corrected chi connectivity index (χ3v) is 6.13. The summed E-state index contributed by atoms with van der Waals surface area (Å²) in [7, 11) is 0. The van der Waals surface area contributed by atoms with Gasteiger partial charge in [-0.15, -0.1) is 0 Å². The van der Waals surface area contributed by atoms with Crippen LogP contribution in [-0.2, 0) is 22.6 Å². The lowest BCUT2D eigenvalue weighted by Gasteiger charge is -2.12. The summed E-state index contributed by atoms with van der Waals surface area (Å²) < 4.78 is 2.28. The minimum Gasteiger partial charge on any atom is -0.382 e. The number of allylic oxidation sites excluding steroid dienone is 1. The number of benzene rings is 2. The van der Waals surface area contributed by atoms with E-state index in [1.807, 2.05) is 30.3 Å². The SMILES string of the molecule is C=CC=O.CCCCCC(=O)Nc1ccc(Cn2c(CCCC)nc3c(N)nc4ccccc4c32)cc1. The van der Waals surface area contributed by atoms with Gasteiger partial charge in [-0.1, -0.05) is 70.0 Å². The van der Waals surface area contributed by atoms with E-state index in [9.17, 15) is 4.79 Å². The van der Waals surface area contributed by atoms with E-state index in [4.69, 9.17) is 15.5 Å². The normalized spacial score (nSPS) is 10.6. The molecule has 2 aromatic heterocycles. The molecule has 7 heteroatoms. The number of aryl methyl sites for hydroxylation is 1. The number of nitrogens with zero attached hydrogens (tertiary/aromatic N) is 3. The molecular formula is C30H37N5O2. The molecule has 1 amide bonds. The molecule has 0 saturated heterocycles. The number of anilines is 2. The van der Waals surface area contributed by atoms with Crippen molar-refractivity contribution in [3.63, 3.8) is 0 Å². The number of nitrogen functional groups attached to an aromatic ring is 1. The molecular weight excluding hydrogens is 462 g/mol. The molecule has 0 unspecified atom stereocenters. The fourth-order valence-electron chi connectivity index (χ4n) is 4.24. The first kappa shape index (κ1) is 27.6. The van der Waals surface area contributed by atoms with Crippen LogP contribution < -0.4 is 11.1 Å². The molecule has 7 nitrogen and oxygen atoms in total. The van der Waals surface area contributed by atoms with Crippen LogP contribution in [0.4, 0.5) is 11.5 Å². The molecule has 0 atom stereocenters. The molecule has 0 aliphatic heterocycles. The number of rotatable bonds is 11. The van der Waals surface area contributed by atoms with Gasteiger partial charge in [0.05, 0.1) is 11.0 Å². The Morgan fingerprint density at radius 1 is 1.03 bits per heavy atom. The maximum absolute atomic E-state index is 12.1. The van der Waals surface area contributed by atoms with Crippen molar-refractivity contribution < 1.29 is 9.59 Å². The summed E-state index contributed by atoms with van der Waals surface area (Å²) in [5.41, 5.74) is 11.0. The Morgan fingerprint density at radius 3 is 2.41 bits per heavy atom. The van der Waals surface area contributed by atoms with E-state index in [0.717, 1.165) is 77.5 Å². The second-order valence-corrected chi connectivity index (χ2v) is 9.00. The number of amides is 1. The first-order valence-corrected chi connectivity index (χ1v) is 13.0. The lowest BCUT2D eigenvalue weighted by Crippen LogP contribution is -2.11. The summed E-state index contributed by atoms with van der Waals surface area (Å²) in [4.78, 5) is 30.7. The summed E-state index contributed by atoms with van der Waals surface area (Å²) in [5, 5.41) is 4.07. The third kappa shape index (κ3) is 7.26. The minimum atomic E-state index is 0.0769. The molecule has 0 aliphatic carbocycles. The summed E-state index contributed by atoms with van der Waals surface area (Å²) in [6.07, 6.45) is 8.59. The number of fused-ring (bicyclic) bond motifs is 3. The van der Waals surface area contributed by atoms with Crippen molar-refractivity contribution in [2.24, 2.45) is 0 Å². The molecule has 0 spiro atoms. The number of aldehydes is 1. The van der Waals surface area contributed by atoms with E-state index in [2.05, 4.69) is 53.5 Å². The Kier molecular flexibility index (Phi) is 10.4. The van der Waals surface area contributed by atoms with Crippen LogP contribution in [0.15, 0.2) is 61.2 Å². The number of carbonyl (C=O) groups excluding carboxylic acids is 2. The van der Waals surface area contributed by atoms with Gasteiger partial charge in [0, 0.05) is 30.5 Å². The van der Waals surface area contributed by atoms with E-state index in [0.29, 0.717) is 25.1 Å². The Balaban J connectivity index is 0.000000886. The number of aromatic nitrogens is 3. The number of imidazole rings is 1. The molecule has 0 radical (unpaired) electrons. The smallest absolute Gasteiger partial charge is 0.224 e. The number of unbranched alkanes of at least 4 members (excludes halogenated alkanes) is 3. The Labute approximate surface area is 218 Å². The number of nitrogens with one attached hydrogen (secondary N) is 1. The van der Waals surface area contributed by atoms with Gasteiger partial charge in [0.25, 0.3) is 0 Å². The van der Waals surface area contributed by atoms with Gasteiger partial charge in [0.1, 0.15) is 17.6 Å². The highest BCUT2D eigenvalue weighted by atomic mass is 16.1. The summed E-state index contributed by atoms with van der Waals surface area (Å²) in [6, 6.07) is 16.2. The largest absolute Gasteiger partial charge is 0.382 e. The van der Waals surface area contributed by atoms with Crippen molar-refractivity contribution in [1.29, 1.82) is 0 Å². The summed E-state index contributed by atoms with van der Waals surface area (Å²) in [5.74, 6) is 1.58. The van der Waals surface area contributed by atoms with Crippen LogP contribution in [-0.4, -0.2) is 26.7 Å². The van der Waals surface area contributed by atoms with Crippen LogP contribution in [0.1, 0.15) is 63.8 Å². The number of carbonyl (C=O) groups is 2. The molecule has 4 rings (SSSR count). The van der Waals surface area contributed by atoms with Gasteiger partial charge in [0.15, 0.2) is 5.82 Å². The van der Waals surface area contributed by atoms with Gasteiger partial charge in [-0.05, 0) is 42.7 Å². The van der Waals surface area contributed by atoms with Crippen LogP contribution in [0.2, 0.25) is 0 Å². The van der Waals surface area contributed by atoms with Gasteiger partial charge in [-0.2, -0.15) is 0 Å². The first-order chi connectivity index (χ1) is 18.0. The van der Waals surface area contributed by atoms with Gasteiger partial charge < -0.3 is 15.6 Å². The molecule has 2 heterocycles. The summed E-state index contributed by atoms with van der Waals surface area (Å²) >= 11 is 0. The molecule has 0 saturated carbocycles. The standard InChI is InChI=1S/C27H33N5O.C3H4O/c1-3-5-7-13-24(33)29-20-16-14-19(15-17-20)18-32-23(12-6-4-2)31-25-26(32)21-10-8-9-11-22(21)30-27(25)28;1-2-3-4/h8-11,14-17H,3-7,12-13,18H2,1-2H3,(H2,28,30)(H,29,33);2-3H,1H2. The van der Waals surface area contributed by atoms with Crippen molar-refractivity contribution in [3.8, 4) is 0 Å². The summed E-state index contributed by atoms with van der Waals surface area (Å²) in [6.45, 7) is 8.13. The topological polar surface area (TPSA) is 103 Å². The van der Waals surface area contributed by atoms with Crippen molar-refractivity contribution in [2.75, 3.05) is 11.1 Å². The lowest BCUT2D eigenvalue weighted by molar-refractivity contribution is -0.116. The molecule has 4 aromatic rings. The Hall–Kier alpha value is -4.00. The number of para-hydroxylation sites is 1. The minimum absolute atomic E-state index is 0.0769. The van der Waals surface area contributed by atoms with E-state index in [1.54, 1.807) is 0 Å². The molecule has 0 bridgehead atoms. The fourth-order valence-corrected chi connectivity index (χ4v) is 4.24. The third-order valence-electron chi connectivity index (χ3n) is 6.13. The highest BCUT2D eigenvalue weighted by Crippen LogP contribution is 2.30. The zero-order valence-electron chi connectivity index (χ0n) is 21.9. The zero-order valence-corrected chi connectivity index (χ0v) is 21.9. The number of nitrogens with two attached hydrogens (primary N) is 1. The maximum atomic E-state index is 12.1. The predicted octanol–water partition coefficient (Wildman–Crippen LogP) is 6.45. The van der Waals surface area contributed by atoms with Crippen molar-refractivity contribution >= 4 is 45.6 Å². The van der Waals surface area contributed by atoms with Gasteiger partial charge in [-0.25, -0.2) is 9.97 Å². The maximum Gasteiger partial charge on any atom is 0.224 e. The van der Waals surface area contributed by atoms with Crippen LogP contribution >= 0.6 is 0 Å². The molecule has 2 aromatic carbocycles. The van der Waals surface area contributed by atoms with E-state index < -0.39 is 0 Å². The molecule has 0 aliphatic rings.